The largest absolute Gasteiger partial charge is 0.455 e. The summed E-state index contributed by atoms with van der Waals surface area (Å²) in [6, 6.07) is 9.93. The first-order chi connectivity index (χ1) is 6.33. The van der Waals surface area contributed by atoms with Crippen molar-refractivity contribution in [2.75, 3.05) is 4.61 Å². The Hall–Kier alpha value is -0.580. The van der Waals surface area contributed by atoms with E-state index in [9.17, 15) is 4.79 Å². The summed E-state index contributed by atoms with van der Waals surface area (Å²) in [6.45, 7) is 0. The molecular formula is C10H11IO2. The minimum absolute atomic E-state index is 0.127. The first-order valence-electron chi connectivity index (χ1n) is 4.08. The van der Waals surface area contributed by atoms with Gasteiger partial charge >= 0.3 is 5.97 Å². The fraction of sp³-hybridized carbons (Fsp3) is 0.300. The summed E-state index contributed by atoms with van der Waals surface area (Å²) in [7, 11) is 0. The van der Waals surface area contributed by atoms with Gasteiger partial charge in [0, 0.05) is 6.42 Å². The van der Waals surface area contributed by atoms with Gasteiger partial charge in [0.25, 0.3) is 0 Å². The van der Waals surface area contributed by atoms with E-state index in [1.165, 1.54) is 5.56 Å². The van der Waals surface area contributed by atoms with Gasteiger partial charge in [0.15, 0.2) is 0 Å². The average Bonchev–Trinajstić information content (AvgIpc) is 2.17. The second kappa shape index (κ2) is 5.96. The molecule has 0 spiro atoms. The Kier molecular flexibility index (Phi) is 4.82. The van der Waals surface area contributed by atoms with Crippen LogP contribution >= 0.6 is 22.6 Å². The molecule has 0 bridgehead atoms. The summed E-state index contributed by atoms with van der Waals surface area (Å²) >= 11 is 2.01. The highest BCUT2D eigenvalue weighted by molar-refractivity contribution is 14.1. The Morgan fingerprint density at radius 3 is 2.62 bits per heavy atom. The van der Waals surface area contributed by atoms with Crippen LogP contribution in [0.3, 0.4) is 0 Å². The maximum Gasteiger partial charge on any atom is 0.306 e. The number of carbonyl (C=O) groups excluding carboxylic acids is 1. The van der Waals surface area contributed by atoms with E-state index < -0.39 is 0 Å². The monoisotopic (exact) mass is 290 g/mol. The zero-order valence-electron chi connectivity index (χ0n) is 7.20. The minimum atomic E-state index is -0.127. The molecule has 2 nitrogen and oxygen atoms in total. The Morgan fingerprint density at radius 1 is 1.31 bits per heavy atom. The van der Waals surface area contributed by atoms with Gasteiger partial charge in [0.1, 0.15) is 4.61 Å². The van der Waals surface area contributed by atoms with Crippen molar-refractivity contribution in [3.63, 3.8) is 0 Å². The molecule has 0 aliphatic heterocycles. The number of rotatable bonds is 4. The van der Waals surface area contributed by atoms with Crippen molar-refractivity contribution in [2.24, 2.45) is 0 Å². The van der Waals surface area contributed by atoms with Crippen molar-refractivity contribution in [1.29, 1.82) is 0 Å². The molecule has 0 saturated carbocycles. The molecule has 3 heteroatoms. The van der Waals surface area contributed by atoms with Gasteiger partial charge in [-0.1, -0.05) is 30.3 Å². The van der Waals surface area contributed by atoms with E-state index in [1.54, 1.807) is 0 Å². The van der Waals surface area contributed by atoms with Crippen molar-refractivity contribution in [1.82, 2.24) is 0 Å². The lowest BCUT2D eigenvalue weighted by Crippen LogP contribution is -2.03. The standard InChI is InChI=1S/C10H11IO2/c11-8-13-10(12)7-6-9-4-2-1-3-5-9/h1-5H,6-8H2. The van der Waals surface area contributed by atoms with Crippen LogP contribution in [-0.2, 0) is 16.0 Å². The lowest BCUT2D eigenvalue weighted by atomic mass is 10.1. The van der Waals surface area contributed by atoms with Gasteiger partial charge in [-0.15, -0.1) is 0 Å². The number of hydrogen-bond donors (Lipinski definition) is 0. The van der Waals surface area contributed by atoms with Gasteiger partial charge in [-0.3, -0.25) is 4.79 Å². The number of alkyl halides is 1. The fourth-order valence-corrected chi connectivity index (χ4v) is 1.37. The molecule has 0 aromatic heterocycles. The van der Waals surface area contributed by atoms with Crippen LogP contribution in [0.25, 0.3) is 0 Å². The average molecular weight is 290 g/mol. The summed E-state index contributed by atoms with van der Waals surface area (Å²) in [5.74, 6) is -0.127. The van der Waals surface area contributed by atoms with Gasteiger partial charge in [0.2, 0.25) is 0 Å². The molecule has 1 aromatic carbocycles. The summed E-state index contributed by atoms with van der Waals surface area (Å²) < 4.78 is 5.25. The highest BCUT2D eigenvalue weighted by Gasteiger charge is 2.01. The molecule has 0 atom stereocenters. The predicted molar refractivity (Wildman–Crippen MR) is 59.7 cm³/mol. The van der Waals surface area contributed by atoms with Gasteiger partial charge in [-0.05, 0) is 34.6 Å². The van der Waals surface area contributed by atoms with Crippen molar-refractivity contribution < 1.29 is 9.53 Å². The quantitative estimate of drug-likeness (QED) is 0.484. The van der Waals surface area contributed by atoms with Gasteiger partial charge < -0.3 is 4.74 Å². The fourth-order valence-electron chi connectivity index (χ4n) is 1.02. The highest BCUT2D eigenvalue weighted by Crippen LogP contribution is 2.03. The molecule has 13 heavy (non-hydrogen) atoms. The number of hydrogen-bond acceptors (Lipinski definition) is 2. The van der Waals surface area contributed by atoms with Crippen LogP contribution in [-0.4, -0.2) is 10.6 Å². The van der Waals surface area contributed by atoms with E-state index >= 15 is 0 Å². The topological polar surface area (TPSA) is 26.3 Å². The molecule has 0 unspecified atom stereocenters. The molecule has 0 heterocycles. The second-order valence-electron chi connectivity index (χ2n) is 2.61. The first kappa shape index (κ1) is 10.5. The van der Waals surface area contributed by atoms with Gasteiger partial charge in [-0.25, -0.2) is 0 Å². The Balaban J connectivity index is 2.31. The molecule has 0 saturated heterocycles. The molecule has 0 aliphatic rings. The van der Waals surface area contributed by atoms with Crippen LogP contribution in [0.1, 0.15) is 12.0 Å². The van der Waals surface area contributed by atoms with Gasteiger partial charge in [-0.2, -0.15) is 0 Å². The smallest absolute Gasteiger partial charge is 0.306 e. The van der Waals surface area contributed by atoms with Crippen molar-refractivity contribution in [3.8, 4) is 0 Å². The van der Waals surface area contributed by atoms with Crippen LogP contribution in [0.15, 0.2) is 30.3 Å². The molecule has 0 aliphatic carbocycles. The van der Waals surface area contributed by atoms with E-state index in [-0.39, 0.29) is 5.97 Å². The molecular weight excluding hydrogens is 279 g/mol. The molecule has 0 amide bonds. The molecule has 0 N–H and O–H groups in total. The molecule has 70 valence electrons. The SMILES string of the molecule is O=C(CCc1ccccc1)OCI. The third kappa shape index (κ3) is 4.26. The summed E-state index contributed by atoms with van der Waals surface area (Å²) in [4.78, 5) is 11.0. The van der Waals surface area contributed by atoms with Gasteiger partial charge in [0.05, 0.1) is 0 Å². The number of aryl methyl sites for hydroxylation is 1. The number of benzene rings is 1. The van der Waals surface area contributed by atoms with E-state index in [0.29, 0.717) is 11.0 Å². The molecule has 1 rings (SSSR count). The lowest BCUT2D eigenvalue weighted by Gasteiger charge is -2.00. The van der Waals surface area contributed by atoms with E-state index in [2.05, 4.69) is 0 Å². The van der Waals surface area contributed by atoms with Crippen LogP contribution in [0.5, 0.6) is 0 Å². The summed E-state index contributed by atoms with van der Waals surface area (Å²) in [5.41, 5.74) is 1.17. The van der Waals surface area contributed by atoms with E-state index in [4.69, 9.17) is 4.74 Å². The maximum absolute atomic E-state index is 11.0. The second-order valence-corrected chi connectivity index (χ2v) is 3.23. The molecule has 0 fully saturated rings. The van der Waals surface area contributed by atoms with Crippen molar-refractivity contribution in [2.45, 2.75) is 12.8 Å². The lowest BCUT2D eigenvalue weighted by molar-refractivity contribution is -0.140. The zero-order valence-corrected chi connectivity index (χ0v) is 9.36. The van der Waals surface area contributed by atoms with E-state index in [0.717, 1.165) is 6.42 Å². The summed E-state index contributed by atoms with van der Waals surface area (Å²) in [6.07, 6.45) is 1.23. The third-order valence-corrected chi connectivity index (χ3v) is 1.99. The Bertz CT molecular complexity index is 259. The Morgan fingerprint density at radius 2 is 2.00 bits per heavy atom. The third-order valence-electron chi connectivity index (χ3n) is 1.68. The maximum atomic E-state index is 11.0. The van der Waals surface area contributed by atoms with Crippen LogP contribution in [0, 0.1) is 0 Å². The van der Waals surface area contributed by atoms with Crippen LogP contribution in [0.2, 0.25) is 0 Å². The number of ether oxygens (including phenoxy) is 1. The van der Waals surface area contributed by atoms with Crippen molar-refractivity contribution in [3.05, 3.63) is 35.9 Å². The Labute approximate surface area is 91.4 Å². The summed E-state index contributed by atoms with van der Waals surface area (Å²) in [5, 5.41) is 0. The first-order valence-corrected chi connectivity index (χ1v) is 5.61. The number of esters is 1. The highest BCUT2D eigenvalue weighted by atomic mass is 127. The van der Waals surface area contributed by atoms with E-state index in [1.807, 2.05) is 52.9 Å². The molecule has 1 aromatic rings. The normalized spacial score (nSPS) is 9.62. The van der Waals surface area contributed by atoms with Crippen molar-refractivity contribution >= 4 is 28.6 Å². The van der Waals surface area contributed by atoms with Crippen LogP contribution in [0.4, 0.5) is 0 Å². The predicted octanol–water partition coefficient (Wildman–Crippen LogP) is 2.55. The van der Waals surface area contributed by atoms with Crippen LogP contribution < -0.4 is 0 Å². The molecule has 0 radical (unpaired) electrons. The number of carbonyl (C=O) groups is 1. The number of halogens is 1. The minimum Gasteiger partial charge on any atom is -0.455 e. The zero-order chi connectivity index (χ0) is 9.52.